The van der Waals surface area contributed by atoms with Crippen LogP contribution in [0.4, 0.5) is 10.5 Å². The molecule has 0 spiro atoms. The third kappa shape index (κ3) is 7.38. The Morgan fingerprint density at radius 3 is 2.50 bits per heavy atom. The number of ether oxygens (including phenoxy) is 1. The number of carbonyl (C=O) groups is 1. The molecule has 1 heterocycles. The van der Waals surface area contributed by atoms with Crippen LogP contribution in [-0.4, -0.2) is 22.6 Å². The van der Waals surface area contributed by atoms with Gasteiger partial charge < -0.3 is 10.5 Å². The zero-order valence-corrected chi connectivity index (χ0v) is 15.7. The molecule has 1 rings (SSSR count). The molecule has 0 aliphatic rings. The quantitative estimate of drug-likeness (QED) is 0.433. The Hall–Kier alpha value is -1.50. The Kier molecular flexibility index (Phi) is 10.2. The number of aryl methyl sites for hydroxylation is 1. The van der Waals surface area contributed by atoms with Crippen molar-refractivity contribution in [2.75, 3.05) is 10.9 Å². The second-order valence-corrected chi connectivity index (χ2v) is 6.25. The first kappa shape index (κ1) is 20.5. The molecular formula is C17H30N4O2S. The lowest BCUT2D eigenvalue weighted by Crippen LogP contribution is -2.28. The summed E-state index contributed by atoms with van der Waals surface area (Å²) < 4.78 is 6.80. The van der Waals surface area contributed by atoms with Crippen LogP contribution in [0.3, 0.4) is 0 Å². The van der Waals surface area contributed by atoms with Crippen LogP contribution in [0, 0.1) is 0 Å². The van der Waals surface area contributed by atoms with Gasteiger partial charge in [0.15, 0.2) is 0 Å². The molecule has 0 saturated heterocycles. The molecule has 7 heteroatoms. The largest absolute Gasteiger partial charge is 0.476 e. The number of urea groups is 1. The fraction of sp³-hybridized carbons (Fsp3) is 0.706. The molecule has 136 valence electrons. The monoisotopic (exact) mass is 354 g/mol. The first-order valence-corrected chi connectivity index (χ1v) is 9.27. The van der Waals surface area contributed by atoms with Crippen LogP contribution in [0.2, 0.25) is 0 Å². The minimum Gasteiger partial charge on any atom is -0.476 e. The number of nitrogens with zero attached hydrogens (tertiary/aromatic N) is 3. The molecule has 2 N–H and O–H groups in total. The van der Waals surface area contributed by atoms with Gasteiger partial charge in [0.1, 0.15) is 11.5 Å². The summed E-state index contributed by atoms with van der Waals surface area (Å²) >= 11 is 4.09. The second-order valence-electron chi connectivity index (χ2n) is 5.85. The third-order valence-electron chi connectivity index (χ3n) is 3.71. The standard InChI is InChI=1S/C17H30N4O2S/c1-3-5-7-8-10-12-23-16-14(21(24)17(18)22)13-19-15(20-16)11-9-6-4-2/h13,24H,3-12H2,1-2H3,(H2,18,22). The van der Waals surface area contributed by atoms with E-state index >= 15 is 0 Å². The highest BCUT2D eigenvalue weighted by molar-refractivity contribution is 7.82. The van der Waals surface area contributed by atoms with Gasteiger partial charge in [-0.2, -0.15) is 4.98 Å². The molecule has 0 aromatic carbocycles. The molecule has 0 unspecified atom stereocenters. The van der Waals surface area contributed by atoms with Crippen molar-refractivity contribution in [3.05, 3.63) is 12.0 Å². The van der Waals surface area contributed by atoms with E-state index in [1.54, 1.807) is 6.20 Å². The summed E-state index contributed by atoms with van der Waals surface area (Å²) in [5, 5.41) is 0. The summed E-state index contributed by atoms with van der Waals surface area (Å²) in [5.74, 6) is 1.10. The number of primary amides is 1. The summed E-state index contributed by atoms with van der Waals surface area (Å²) in [5.41, 5.74) is 5.67. The van der Waals surface area contributed by atoms with E-state index < -0.39 is 6.03 Å². The smallest absolute Gasteiger partial charge is 0.329 e. The van der Waals surface area contributed by atoms with Crippen LogP contribution >= 0.6 is 12.8 Å². The Balaban J connectivity index is 2.70. The lowest BCUT2D eigenvalue weighted by molar-refractivity contribution is 0.256. The topological polar surface area (TPSA) is 81.3 Å². The number of rotatable bonds is 12. The van der Waals surface area contributed by atoms with E-state index in [-0.39, 0.29) is 0 Å². The van der Waals surface area contributed by atoms with Crippen molar-refractivity contribution in [3.63, 3.8) is 0 Å². The van der Waals surface area contributed by atoms with Gasteiger partial charge in [-0.05, 0) is 12.8 Å². The Morgan fingerprint density at radius 1 is 1.17 bits per heavy atom. The zero-order valence-electron chi connectivity index (χ0n) is 14.8. The summed E-state index contributed by atoms with van der Waals surface area (Å²) in [6, 6.07) is -0.687. The number of thiol groups is 1. The maximum atomic E-state index is 11.4. The van der Waals surface area contributed by atoms with E-state index in [1.165, 1.54) is 19.3 Å². The van der Waals surface area contributed by atoms with Crippen molar-refractivity contribution < 1.29 is 9.53 Å². The number of nitrogens with two attached hydrogens (primary N) is 1. The van der Waals surface area contributed by atoms with Crippen molar-refractivity contribution in [1.82, 2.24) is 9.97 Å². The first-order valence-electron chi connectivity index (χ1n) is 8.87. The van der Waals surface area contributed by atoms with Crippen LogP contribution in [0.5, 0.6) is 5.88 Å². The summed E-state index contributed by atoms with van der Waals surface area (Å²) in [7, 11) is 0. The molecule has 1 aromatic heterocycles. The summed E-state index contributed by atoms with van der Waals surface area (Å²) in [4.78, 5) is 20.1. The summed E-state index contributed by atoms with van der Waals surface area (Å²) in [6.07, 6.45) is 11.4. The lowest BCUT2D eigenvalue weighted by atomic mass is 10.2. The molecule has 0 bridgehead atoms. The molecule has 0 aliphatic carbocycles. The minimum absolute atomic E-state index is 0.376. The van der Waals surface area contributed by atoms with Gasteiger partial charge >= 0.3 is 6.03 Å². The number of carbonyl (C=O) groups excluding carboxylic acids is 1. The van der Waals surface area contributed by atoms with E-state index in [9.17, 15) is 4.79 Å². The maximum Gasteiger partial charge on any atom is 0.329 e. The summed E-state index contributed by atoms with van der Waals surface area (Å²) in [6.45, 7) is 4.90. The third-order valence-corrected chi connectivity index (χ3v) is 4.13. The average Bonchev–Trinajstić information content (AvgIpc) is 2.57. The molecule has 0 atom stereocenters. The van der Waals surface area contributed by atoms with Crippen molar-refractivity contribution in [2.45, 2.75) is 71.6 Å². The highest BCUT2D eigenvalue weighted by atomic mass is 32.1. The van der Waals surface area contributed by atoms with Crippen LogP contribution in [0.15, 0.2) is 6.20 Å². The zero-order chi connectivity index (χ0) is 17.8. The first-order chi connectivity index (χ1) is 11.6. The van der Waals surface area contributed by atoms with Gasteiger partial charge in [0.05, 0.1) is 12.8 Å². The molecule has 6 nitrogen and oxygen atoms in total. The Morgan fingerprint density at radius 2 is 1.83 bits per heavy atom. The van der Waals surface area contributed by atoms with Gasteiger partial charge in [-0.1, -0.05) is 65.2 Å². The number of unbranched alkanes of at least 4 members (excludes halogenated alkanes) is 6. The molecular weight excluding hydrogens is 324 g/mol. The van der Waals surface area contributed by atoms with E-state index in [1.807, 2.05) is 0 Å². The molecule has 1 aromatic rings. The van der Waals surface area contributed by atoms with Crippen molar-refractivity contribution >= 4 is 24.5 Å². The number of hydrogen-bond donors (Lipinski definition) is 2. The van der Waals surface area contributed by atoms with E-state index in [4.69, 9.17) is 10.5 Å². The highest BCUT2D eigenvalue weighted by Gasteiger charge is 2.17. The van der Waals surface area contributed by atoms with Crippen LogP contribution in [0.25, 0.3) is 0 Å². The van der Waals surface area contributed by atoms with Crippen LogP contribution in [0.1, 0.15) is 71.0 Å². The van der Waals surface area contributed by atoms with Crippen molar-refractivity contribution in [3.8, 4) is 5.88 Å². The van der Waals surface area contributed by atoms with E-state index in [0.717, 1.165) is 48.7 Å². The van der Waals surface area contributed by atoms with Gasteiger partial charge in [0.2, 0.25) is 5.88 Å². The maximum absolute atomic E-state index is 11.4. The van der Waals surface area contributed by atoms with Gasteiger partial charge in [0, 0.05) is 6.42 Å². The number of aromatic nitrogens is 2. The number of anilines is 1. The van der Waals surface area contributed by atoms with E-state index in [2.05, 4.69) is 36.6 Å². The Labute approximate surface area is 150 Å². The predicted octanol–water partition coefficient (Wildman–Crippen LogP) is 4.29. The molecule has 0 aliphatic heterocycles. The van der Waals surface area contributed by atoms with E-state index in [0.29, 0.717) is 18.2 Å². The predicted molar refractivity (Wildman–Crippen MR) is 101 cm³/mol. The molecule has 0 saturated carbocycles. The van der Waals surface area contributed by atoms with Gasteiger partial charge in [-0.3, -0.25) is 0 Å². The van der Waals surface area contributed by atoms with Gasteiger partial charge in [-0.25, -0.2) is 14.1 Å². The highest BCUT2D eigenvalue weighted by Crippen LogP contribution is 2.27. The lowest BCUT2D eigenvalue weighted by Gasteiger charge is -2.17. The van der Waals surface area contributed by atoms with Crippen LogP contribution in [-0.2, 0) is 6.42 Å². The number of hydrogen-bond acceptors (Lipinski definition) is 5. The number of amides is 2. The van der Waals surface area contributed by atoms with Crippen molar-refractivity contribution in [1.29, 1.82) is 0 Å². The molecule has 24 heavy (non-hydrogen) atoms. The fourth-order valence-electron chi connectivity index (χ4n) is 2.29. The van der Waals surface area contributed by atoms with Gasteiger partial charge in [-0.15, -0.1) is 0 Å². The van der Waals surface area contributed by atoms with Crippen LogP contribution < -0.4 is 14.8 Å². The van der Waals surface area contributed by atoms with Gasteiger partial charge in [0.25, 0.3) is 0 Å². The van der Waals surface area contributed by atoms with Crippen molar-refractivity contribution in [2.24, 2.45) is 5.73 Å². The SMILES string of the molecule is CCCCCCCOc1nc(CCCCC)ncc1N(S)C(N)=O. The minimum atomic E-state index is -0.687. The Bertz CT molecular complexity index is 499. The molecule has 0 fully saturated rings. The fourth-order valence-corrected chi connectivity index (χ4v) is 2.43. The average molecular weight is 355 g/mol. The molecule has 0 radical (unpaired) electrons. The normalized spacial score (nSPS) is 10.6. The molecule has 2 amide bonds. The second kappa shape index (κ2) is 11.9.